The number of anilines is 1. The Morgan fingerprint density at radius 2 is 1.92 bits per heavy atom. The fourth-order valence-corrected chi connectivity index (χ4v) is 4.30. The van der Waals surface area contributed by atoms with Crippen LogP contribution in [0.1, 0.15) is 24.1 Å². The molecule has 0 spiro atoms. The van der Waals surface area contributed by atoms with Crippen molar-refractivity contribution in [2.24, 2.45) is 0 Å². The number of nitrogens with one attached hydrogen (secondary N) is 1. The number of rotatable bonds is 4. The fourth-order valence-electron chi connectivity index (χ4n) is 2.95. The van der Waals surface area contributed by atoms with Crippen LogP contribution in [0, 0.1) is 18.3 Å². The molecule has 2 heterocycles. The molecule has 0 radical (unpaired) electrons. The minimum absolute atomic E-state index is 0.114. The van der Waals surface area contributed by atoms with E-state index in [0.29, 0.717) is 18.4 Å². The Morgan fingerprint density at radius 1 is 1.20 bits per heavy atom. The van der Waals surface area contributed by atoms with Crippen molar-refractivity contribution in [2.75, 3.05) is 18.0 Å². The van der Waals surface area contributed by atoms with Crippen LogP contribution in [0.4, 0.5) is 5.82 Å². The molecule has 1 aromatic carbocycles. The first-order chi connectivity index (χ1) is 12.0. The van der Waals surface area contributed by atoms with Crippen LogP contribution < -0.4 is 9.62 Å². The van der Waals surface area contributed by atoms with Crippen LogP contribution in [0.5, 0.6) is 0 Å². The molecular formula is C18H20N4O2S. The maximum Gasteiger partial charge on any atom is 0.240 e. The van der Waals surface area contributed by atoms with Crippen LogP contribution in [-0.2, 0) is 10.0 Å². The molecule has 0 saturated carbocycles. The highest BCUT2D eigenvalue weighted by Crippen LogP contribution is 2.20. The number of sulfonamides is 1. The molecule has 1 aliphatic heterocycles. The number of pyridine rings is 1. The summed E-state index contributed by atoms with van der Waals surface area (Å²) in [6.45, 7) is 3.46. The molecule has 0 unspecified atom stereocenters. The van der Waals surface area contributed by atoms with Gasteiger partial charge >= 0.3 is 0 Å². The topological polar surface area (TPSA) is 86.1 Å². The molecular weight excluding hydrogens is 336 g/mol. The summed E-state index contributed by atoms with van der Waals surface area (Å²) >= 11 is 0. The van der Waals surface area contributed by atoms with Crippen molar-refractivity contribution in [2.45, 2.75) is 30.7 Å². The lowest BCUT2D eigenvalue weighted by atomic mass is 10.1. The normalized spacial score (nSPS) is 15.8. The number of nitrogens with zero attached hydrogens (tertiary/aromatic N) is 3. The van der Waals surface area contributed by atoms with Crippen LogP contribution >= 0.6 is 0 Å². The number of nitriles is 1. The molecule has 3 rings (SSSR count). The number of piperidine rings is 1. The Kier molecular flexibility index (Phi) is 5.02. The average Bonchev–Trinajstić information content (AvgIpc) is 2.62. The van der Waals surface area contributed by atoms with E-state index in [-0.39, 0.29) is 10.9 Å². The van der Waals surface area contributed by atoms with Crippen molar-refractivity contribution < 1.29 is 8.42 Å². The fraction of sp³-hybridized carbons (Fsp3) is 0.333. The third-order valence-corrected chi connectivity index (χ3v) is 5.81. The monoisotopic (exact) mass is 356 g/mol. The van der Waals surface area contributed by atoms with E-state index in [1.807, 2.05) is 31.2 Å². The molecule has 0 amide bonds. The van der Waals surface area contributed by atoms with E-state index < -0.39 is 10.0 Å². The van der Waals surface area contributed by atoms with Crippen LogP contribution in [-0.4, -0.2) is 32.5 Å². The van der Waals surface area contributed by atoms with Gasteiger partial charge in [0.25, 0.3) is 0 Å². The lowest BCUT2D eigenvalue weighted by molar-refractivity contribution is 0.458. The minimum atomic E-state index is -3.62. The zero-order chi connectivity index (χ0) is 17.9. The molecule has 1 saturated heterocycles. The SMILES string of the molecule is Cc1cccc(N2CCC(NS(=O)(=O)c3cccc(C#N)c3)CC2)n1. The van der Waals surface area contributed by atoms with Crippen molar-refractivity contribution in [1.29, 1.82) is 5.26 Å². The number of hydrogen-bond donors (Lipinski definition) is 1. The van der Waals surface area contributed by atoms with E-state index in [0.717, 1.165) is 24.6 Å². The van der Waals surface area contributed by atoms with E-state index >= 15 is 0 Å². The van der Waals surface area contributed by atoms with Gasteiger partial charge in [0, 0.05) is 24.8 Å². The summed E-state index contributed by atoms with van der Waals surface area (Å²) < 4.78 is 27.8. The predicted octanol–water partition coefficient (Wildman–Crippen LogP) is 2.21. The Bertz CT molecular complexity index is 897. The zero-order valence-electron chi connectivity index (χ0n) is 14.0. The van der Waals surface area contributed by atoms with Gasteiger partial charge < -0.3 is 4.90 Å². The predicted molar refractivity (Wildman–Crippen MR) is 95.7 cm³/mol. The number of benzene rings is 1. The van der Waals surface area contributed by atoms with Gasteiger partial charge in [-0.2, -0.15) is 5.26 Å². The van der Waals surface area contributed by atoms with Gasteiger partial charge in [0.2, 0.25) is 10.0 Å². The lowest BCUT2D eigenvalue weighted by Crippen LogP contribution is -2.44. The molecule has 0 aliphatic carbocycles. The zero-order valence-corrected chi connectivity index (χ0v) is 14.8. The Hall–Kier alpha value is -2.43. The first-order valence-corrected chi connectivity index (χ1v) is 9.67. The van der Waals surface area contributed by atoms with Crippen LogP contribution in [0.25, 0.3) is 0 Å². The van der Waals surface area contributed by atoms with Crippen molar-refractivity contribution in [1.82, 2.24) is 9.71 Å². The Morgan fingerprint density at radius 3 is 2.60 bits per heavy atom. The molecule has 0 bridgehead atoms. The van der Waals surface area contributed by atoms with Gasteiger partial charge in [0.1, 0.15) is 5.82 Å². The van der Waals surface area contributed by atoms with Crippen molar-refractivity contribution in [3.8, 4) is 6.07 Å². The summed E-state index contributed by atoms with van der Waals surface area (Å²) in [6.07, 6.45) is 1.43. The second-order valence-corrected chi connectivity index (χ2v) is 7.87. The van der Waals surface area contributed by atoms with Crippen molar-refractivity contribution in [3.63, 3.8) is 0 Å². The molecule has 130 valence electrons. The summed E-state index contributed by atoms with van der Waals surface area (Å²) in [5.74, 6) is 0.933. The quantitative estimate of drug-likeness (QED) is 0.908. The van der Waals surface area contributed by atoms with Gasteiger partial charge in [-0.05, 0) is 50.1 Å². The molecule has 0 atom stereocenters. The third-order valence-electron chi connectivity index (χ3n) is 4.29. The van der Waals surface area contributed by atoms with Crippen molar-refractivity contribution >= 4 is 15.8 Å². The number of aryl methyl sites for hydroxylation is 1. The van der Waals surface area contributed by atoms with Gasteiger partial charge in [0.15, 0.2) is 0 Å². The van der Waals surface area contributed by atoms with Gasteiger partial charge in [-0.15, -0.1) is 0 Å². The number of aromatic nitrogens is 1. The Labute approximate surface area is 148 Å². The molecule has 7 heteroatoms. The molecule has 1 N–H and O–H groups in total. The largest absolute Gasteiger partial charge is 0.356 e. The second-order valence-electron chi connectivity index (χ2n) is 6.16. The summed E-state index contributed by atoms with van der Waals surface area (Å²) in [4.78, 5) is 6.83. The van der Waals surface area contributed by atoms with Gasteiger partial charge in [-0.1, -0.05) is 12.1 Å². The maximum absolute atomic E-state index is 12.5. The first-order valence-electron chi connectivity index (χ1n) is 8.19. The highest BCUT2D eigenvalue weighted by Gasteiger charge is 2.25. The summed E-state index contributed by atoms with van der Waals surface area (Å²) in [7, 11) is -3.62. The molecule has 2 aromatic rings. The molecule has 1 aromatic heterocycles. The van der Waals surface area contributed by atoms with Gasteiger partial charge in [-0.25, -0.2) is 18.1 Å². The molecule has 1 aliphatic rings. The maximum atomic E-state index is 12.5. The van der Waals surface area contributed by atoms with Crippen molar-refractivity contribution in [3.05, 3.63) is 53.7 Å². The van der Waals surface area contributed by atoms with Crippen LogP contribution in [0.3, 0.4) is 0 Å². The molecule has 6 nitrogen and oxygen atoms in total. The van der Waals surface area contributed by atoms with Crippen LogP contribution in [0.2, 0.25) is 0 Å². The van der Waals surface area contributed by atoms with E-state index in [4.69, 9.17) is 5.26 Å². The summed E-state index contributed by atoms with van der Waals surface area (Å²) in [5, 5.41) is 8.93. The van der Waals surface area contributed by atoms with Gasteiger partial charge in [-0.3, -0.25) is 0 Å². The van der Waals surface area contributed by atoms with Crippen LogP contribution in [0.15, 0.2) is 47.4 Å². The van der Waals surface area contributed by atoms with E-state index in [1.165, 1.54) is 12.1 Å². The summed E-state index contributed by atoms with van der Waals surface area (Å²) in [6, 6.07) is 13.8. The standard InChI is InChI=1S/C18H20N4O2S/c1-14-4-2-7-18(20-14)22-10-8-16(9-11-22)21-25(23,24)17-6-3-5-15(12-17)13-19/h2-7,12,16,21H,8-11H2,1H3. The summed E-state index contributed by atoms with van der Waals surface area (Å²) in [5.41, 5.74) is 1.31. The third kappa shape index (κ3) is 4.16. The number of hydrogen-bond acceptors (Lipinski definition) is 5. The minimum Gasteiger partial charge on any atom is -0.356 e. The molecule has 1 fully saturated rings. The smallest absolute Gasteiger partial charge is 0.240 e. The van der Waals surface area contributed by atoms with E-state index in [2.05, 4.69) is 14.6 Å². The Balaban J connectivity index is 1.64. The van der Waals surface area contributed by atoms with E-state index in [1.54, 1.807) is 12.1 Å². The second kappa shape index (κ2) is 7.21. The first kappa shape index (κ1) is 17.4. The van der Waals surface area contributed by atoms with Gasteiger partial charge in [0.05, 0.1) is 16.5 Å². The van der Waals surface area contributed by atoms with E-state index in [9.17, 15) is 8.42 Å². The molecule has 25 heavy (non-hydrogen) atoms. The average molecular weight is 356 g/mol. The highest BCUT2D eigenvalue weighted by molar-refractivity contribution is 7.89. The highest BCUT2D eigenvalue weighted by atomic mass is 32.2. The lowest BCUT2D eigenvalue weighted by Gasteiger charge is -2.33.